The van der Waals surface area contributed by atoms with Crippen LogP contribution in [-0.4, -0.2) is 30.0 Å². The van der Waals surface area contributed by atoms with Gasteiger partial charge in [0.05, 0.1) is 6.07 Å². The molecule has 0 aromatic carbocycles. The average molecular weight is 376 g/mol. The first-order valence-corrected chi connectivity index (χ1v) is 9.04. The zero-order chi connectivity index (χ0) is 19.6. The second-order valence-corrected chi connectivity index (χ2v) is 8.59. The SMILES string of the molecule is CC(C)=CCn1c(SC(C)(C)CN)nc2c1c(=O)n(CC#N)c(=O)n2C. The molecular formula is C17H24N6O2S. The molecular weight excluding hydrogens is 352 g/mol. The van der Waals surface area contributed by atoms with E-state index in [1.165, 1.54) is 16.3 Å². The van der Waals surface area contributed by atoms with Crippen molar-refractivity contribution in [2.24, 2.45) is 12.8 Å². The minimum atomic E-state index is -0.550. The number of rotatable bonds is 6. The largest absolute Gasteiger partial charge is 0.333 e. The quantitative estimate of drug-likeness (QED) is 0.599. The van der Waals surface area contributed by atoms with Gasteiger partial charge in [0.25, 0.3) is 5.56 Å². The molecule has 0 aliphatic heterocycles. The summed E-state index contributed by atoms with van der Waals surface area (Å²) in [5, 5.41) is 9.58. The molecule has 0 bridgehead atoms. The van der Waals surface area contributed by atoms with Gasteiger partial charge in [-0.1, -0.05) is 23.4 Å². The summed E-state index contributed by atoms with van der Waals surface area (Å²) in [7, 11) is 1.55. The maximum absolute atomic E-state index is 12.9. The third kappa shape index (κ3) is 3.76. The van der Waals surface area contributed by atoms with Crippen molar-refractivity contribution in [3.8, 4) is 6.07 Å². The zero-order valence-corrected chi connectivity index (χ0v) is 16.6. The van der Waals surface area contributed by atoms with Crippen molar-refractivity contribution in [2.75, 3.05) is 6.54 Å². The van der Waals surface area contributed by atoms with Gasteiger partial charge in [-0.15, -0.1) is 0 Å². The van der Waals surface area contributed by atoms with Crippen LogP contribution in [0.1, 0.15) is 27.7 Å². The van der Waals surface area contributed by atoms with Crippen LogP contribution in [0.4, 0.5) is 0 Å². The van der Waals surface area contributed by atoms with E-state index in [0.29, 0.717) is 29.4 Å². The number of imidazole rings is 1. The van der Waals surface area contributed by atoms with E-state index >= 15 is 0 Å². The van der Waals surface area contributed by atoms with E-state index in [0.717, 1.165) is 10.1 Å². The molecule has 2 N–H and O–H groups in total. The van der Waals surface area contributed by atoms with Crippen LogP contribution in [0.5, 0.6) is 0 Å². The molecule has 8 nitrogen and oxygen atoms in total. The number of hydrogen-bond donors (Lipinski definition) is 1. The Labute approximate surface area is 155 Å². The molecule has 2 heterocycles. The summed E-state index contributed by atoms with van der Waals surface area (Å²) in [6.45, 7) is 8.51. The van der Waals surface area contributed by atoms with Gasteiger partial charge in [-0.3, -0.25) is 9.36 Å². The molecule has 0 atom stereocenters. The van der Waals surface area contributed by atoms with Crippen LogP contribution in [0.15, 0.2) is 26.4 Å². The Bertz CT molecular complexity index is 1020. The smallest absolute Gasteiger partial charge is 0.329 e. The first-order valence-electron chi connectivity index (χ1n) is 8.22. The Balaban J connectivity index is 2.86. The molecule has 140 valence electrons. The van der Waals surface area contributed by atoms with Gasteiger partial charge in [-0.25, -0.2) is 14.3 Å². The van der Waals surface area contributed by atoms with Crippen LogP contribution in [0.2, 0.25) is 0 Å². The Morgan fingerprint density at radius 3 is 2.54 bits per heavy atom. The van der Waals surface area contributed by atoms with E-state index in [-0.39, 0.29) is 11.3 Å². The fourth-order valence-electron chi connectivity index (χ4n) is 2.37. The molecule has 0 radical (unpaired) electrons. The maximum atomic E-state index is 12.9. The summed E-state index contributed by atoms with van der Waals surface area (Å²) in [5.41, 5.74) is 6.51. The lowest BCUT2D eigenvalue weighted by molar-refractivity contribution is 0.666. The molecule has 0 saturated carbocycles. The van der Waals surface area contributed by atoms with Crippen molar-refractivity contribution in [2.45, 2.75) is 50.7 Å². The van der Waals surface area contributed by atoms with Crippen LogP contribution in [0.3, 0.4) is 0 Å². The molecule has 26 heavy (non-hydrogen) atoms. The molecule has 0 unspecified atom stereocenters. The highest BCUT2D eigenvalue weighted by Gasteiger charge is 2.25. The highest BCUT2D eigenvalue weighted by molar-refractivity contribution is 8.00. The normalized spacial score (nSPS) is 11.6. The molecule has 0 spiro atoms. The number of aryl methyl sites for hydroxylation is 1. The van der Waals surface area contributed by atoms with Gasteiger partial charge >= 0.3 is 5.69 Å². The number of fused-ring (bicyclic) bond motifs is 1. The summed E-state index contributed by atoms with van der Waals surface area (Å²) in [6.07, 6.45) is 1.99. The molecule has 2 rings (SSSR count). The monoisotopic (exact) mass is 376 g/mol. The Hall–Kier alpha value is -2.31. The molecule has 2 aromatic heterocycles. The minimum absolute atomic E-state index is 0.283. The van der Waals surface area contributed by atoms with Gasteiger partial charge in [0.15, 0.2) is 16.3 Å². The Morgan fingerprint density at radius 1 is 1.35 bits per heavy atom. The molecule has 9 heteroatoms. The summed E-state index contributed by atoms with van der Waals surface area (Å²) >= 11 is 1.46. The lowest BCUT2D eigenvalue weighted by atomic mass is 10.2. The van der Waals surface area contributed by atoms with Gasteiger partial charge in [-0.05, 0) is 27.7 Å². The van der Waals surface area contributed by atoms with Crippen molar-refractivity contribution in [3.05, 3.63) is 32.5 Å². The minimum Gasteiger partial charge on any atom is -0.329 e. The van der Waals surface area contributed by atoms with E-state index in [1.807, 2.05) is 39.8 Å². The van der Waals surface area contributed by atoms with Crippen LogP contribution in [0.25, 0.3) is 11.2 Å². The van der Waals surface area contributed by atoms with E-state index in [4.69, 9.17) is 11.0 Å². The number of nitriles is 1. The van der Waals surface area contributed by atoms with E-state index in [2.05, 4.69) is 4.98 Å². The topological polar surface area (TPSA) is 112 Å². The van der Waals surface area contributed by atoms with Gasteiger partial charge in [0, 0.05) is 24.9 Å². The first kappa shape index (κ1) is 20.0. The number of allylic oxidation sites excluding steroid dienone is 2. The molecule has 0 aliphatic rings. The second kappa shape index (κ2) is 7.51. The van der Waals surface area contributed by atoms with Gasteiger partial charge in [-0.2, -0.15) is 5.26 Å². The number of hydrogen-bond acceptors (Lipinski definition) is 6. The lowest BCUT2D eigenvalue weighted by Gasteiger charge is -2.21. The summed E-state index contributed by atoms with van der Waals surface area (Å²) < 4.78 is 3.76. The molecule has 0 fully saturated rings. The maximum Gasteiger partial charge on any atom is 0.333 e. The summed E-state index contributed by atoms with van der Waals surface area (Å²) in [6, 6.07) is 1.87. The van der Waals surface area contributed by atoms with Crippen molar-refractivity contribution in [1.29, 1.82) is 5.26 Å². The predicted molar refractivity (Wildman–Crippen MR) is 103 cm³/mol. The number of thioether (sulfide) groups is 1. The summed E-state index contributed by atoms with van der Waals surface area (Å²) in [5.74, 6) is 0. The molecule has 2 aromatic rings. The third-order valence-electron chi connectivity index (χ3n) is 3.97. The number of nitrogens with two attached hydrogens (primary N) is 1. The second-order valence-electron chi connectivity index (χ2n) is 6.92. The average Bonchev–Trinajstić information content (AvgIpc) is 2.92. The Kier molecular flexibility index (Phi) is 5.78. The van der Waals surface area contributed by atoms with Crippen molar-refractivity contribution in [3.63, 3.8) is 0 Å². The fraction of sp³-hybridized carbons (Fsp3) is 0.529. The standard InChI is InChI=1S/C17H24N6O2S/c1-11(2)6-8-22-12-13(20-15(22)26-17(3,4)10-19)21(5)16(25)23(9-7-18)14(12)24/h6H,8-10,19H2,1-5H3. The first-order chi connectivity index (χ1) is 12.1. The van der Waals surface area contributed by atoms with Crippen LogP contribution >= 0.6 is 11.8 Å². The fourth-order valence-corrected chi connectivity index (χ4v) is 3.36. The van der Waals surface area contributed by atoms with Crippen LogP contribution in [0, 0.1) is 11.3 Å². The predicted octanol–water partition coefficient (Wildman–Crippen LogP) is 1.22. The van der Waals surface area contributed by atoms with Crippen molar-refractivity contribution in [1.82, 2.24) is 18.7 Å². The molecule has 0 aliphatic carbocycles. The van der Waals surface area contributed by atoms with Crippen LogP contribution in [-0.2, 0) is 20.1 Å². The van der Waals surface area contributed by atoms with Gasteiger partial charge < -0.3 is 10.3 Å². The van der Waals surface area contributed by atoms with E-state index in [1.54, 1.807) is 11.6 Å². The highest BCUT2D eigenvalue weighted by Crippen LogP contribution is 2.32. The number of aromatic nitrogens is 4. The molecule has 0 amide bonds. The van der Waals surface area contributed by atoms with Crippen LogP contribution < -0.4 is 17.0 Å². The number of nitrogens with zero attached hydrogens (tertiary/aromatic N) is 5. The molecule has 0 saturated heterocycles. The Morgan fingerprint density at radius 2 is 2.00 bits per heavy atom. The van der Waals surface area contributed by atoms with Gasteiger partial charge in [0.2, 0.25) is 0 Å². The van der Waals surface area contributed by atoms with Gasteiger partial charge in [0.1, 0.15) is 6.54 Å². The summed E-state index contributed by atoms with van der Waals surface area (Å²) in [4.78, 5) is 29.9. The van der Waals surface area contributed by atoms with E-state index in [9.17, 15) is 9.59 Å². The highest BCUT2D eigenvalue weighted by atomic mass is 32.2. The van der Waals surface area contributed by atoms with E-state index < -0.39 is 11.2 Å². The third-order valence-corrected chi connectivity index (χ3v) is 5.18. The lowest BCUT2D eigenvalue weighted by Crippen LogP contribution is -2.39. The van der Waals surface area contributed by atoms with Crippen molar-refractivity contribution >= 4 is 22.9 Å². The zero-order valence-electron chi connectivity index (χ0n) is 15.7. The van der Waals surface area contributed by atoms with Crippen molar-refractivity contribution < 1.29 is 0 Å².